The van der Waals surface area contributed by atoms with Gasteiger partial charge < -0.3 is 15.0 Å². The molecule has 0 spiro atoms. The van der Waals surface area contributed by atoms with Crippen LogP contribution in [0.5, 0.6) is 5.75 Å². The maximum Gasteiger partial charge on any atom is 0.225 e. The average Bonchev–Trinajstić information content (AvgIpc) is 3.01. The van der Waals surface area contributed by atoms with Crippen molar-refractivity contribution in [2.75, 3.05) is 0 Å². The van der Waals surface area contributed by atoms with Crippen molar-refractivity contribution in [2.45, 2.75) is 12.5 Å². The predicted octanol–water partition coefficient (Wildman–Crippen LogP) is 2.85. The summed E-state index contributed by atoms with van der Waals surface area (Å²) < 4.78 is 28.6. The summed E-state index contributed by atoms with van der Waals surface area (Å²) in [6.07, 6.45) is 3.28. The van der Waals surface area contributed by atoms with Crippen LogP contribution in [0.2, 0.25) is 0 Å². The first-order chi connectivity index (χ1) is 12.4. The first-order valence-corrected chi connectivity index (χ1v) is 7.93. The van der Waals surface area contributed by atoms with Crippen molar-refractivity contribution in [2.24, 2.45) is 7.05 Å². The number of halogens is 2. The summed E-state index contributed by atoms with van der Waals surface area (Å²) in [5.74, 6) is -1.74. The Morgan fingerprint density at radius 1 is 1.23 bits per heavy atom. The van der Waals surface area contributed by atoms with Crippen molar-refractivity contribution in [1.82, 2.24) is 14.9 Å². The number of rotatable bonds is 5. The van der Waals surface area contributed by atoms with Crippen LogP contribution in [0.3, 0.4) is 0 Å². The highest BCUT2D eigenvalue weighted by Crippen LogP contribution is 2.23. The van der Waals surface area contributed by atoms with Crippen LogP contribution in [0.25, 0.3) is 0 Å². The molecule has 1 atom stereocenters. The predicted molar refractivity (Wildman–Crippen MR) is 91.4 cm³/mol. The fourth-order valence-corrected chi connectivity index (χ4v) is 2.71. The first kappa shape index (κ1) is 17.6. The number of hydrogen-bond acceptors (Lipinski definition) is 3. The highest BCUT2D eigenvalue weighted by Gasteiger charge is 2.22. The Bertz CT molecular complexity index is 940. The minimum atomic E-state index is -0.996. The fraction of sp³-hybridized carbons (Fsp3) is 0.158. The molecule has 5 nitrogen and oxygen atoms in total. The lowest BCUT2D eigenvalue weighted by atomic mass is 10.0. The zero-order valence-electron chi connectivity index (χ0n) is 14.0. The van der Waals surface area contributed by atoms with E-state index >= 15 is 0 Å². The third-order valence-corrected chi connectivity index (χ3v) is 3.97. The number of phenolic OH excluding ortho intramolecular Hbond substituents is 1. The number of nitrogens with zero attached hydrogens (tertiary/aromatic N) is 2. The number of carbonyl (C=O) groups is 1. The summed E-state index contributed by atoms with van der Waals surface area (Å²) in [5.41, 5.74) is 1.01. The number of amides is 1. The molecule has 0 aliphatic carbocycles. The molecule has 1 unspecified atom stereocenters. The number of hydrogen-bond donors (Lipinski definition) is 2. The van der Waals surface area contributed by atoms with Gasteiger partial charge in [-0.05, 0) is 35.4 Å². The summed E-state index contributed by atoms with van der Waals surface area (Å²) >= 11 is 0. The van der Waals surface area contributed by atoms with Gasteiger partial charge in [-0.15, -0.1) is 0 Å². The van der Waals surface area contributed by atoms with E-state index in [1.807, 2.05) is 0 Å². The van der Waals surface area contributed by atoms with E-state index in [4.69, 9.17) is 0 Å². The van der Waals surface area contributed by atoms with Crippen molar-refractivity contribution in [3.63, 3.8) is 0 Å². The summed E-state index contributed by atoms with van der Waals surface area (Å²) in [6, 6.07) is 9.09. The normalized spacial score (nSPS) is 12.0. The van der Waals surface area contributed by atoms with Gasteiger partial charge in [0.2, 0.25) is 5.91 Å². The summed E-state index contributed by atoms with van der Waals surface area (Å²) in [5, 5.41) is 12.3. The number of aromatic nitrogens is 2. The van der Waals surface area contributed by atoms with Gasteiger partial charge in [-0.2, -0.15) is 0 Å². The van der Waals surface area contributed by atoms with E-state index in [0.29, 0.717) is 17.0 Å². The van der Waals surface area contributed by atoms with E-state index in [9.17, 15) is 18.7 Å². The monoisotopic (exact) mass is 357 g/mol. The molecule has 0 aliphatic rings. The number of aromatic hydroxyl groups is 1. The summed E-state index contributed by atoms with van der Waals surface area (Å²) in [7, 11) is 1.75. The fourth-order valence-electron chi connectivity index (χ4n) is 2.71. The van der Waals surface area contributed by atoms with E-state index in [2.05, 4.69) is 10.3 Å². The number of benzene rings is 2. The average molecular weight is 357 g/mol. The molecule has 0 bridgehead atoms. The van der Waals surface area contributed by atoms with E-state index in [1.165, 1.54) is 18.2 Å². The molecule has 7 heteroatoms. The van der Waals surface area contributed by atoms with Gasteiger partial charge in [-0.1, -0.05) is 18.2 Å². The molecule has 0 fully saturated rings. The lowest BCUT2D eigenvalue weighted by Gasteiger charge is -2.19. The molecule has 3 rings (SSSR count). The van der Waals surface area contributed by atoms with Gasteiger partial charge in [0.15, 0.2) is 11.6 Å². The van der Waals surface area contributed by atoms with Crippen molar-refractivity contribution < 1.29 is 18.7 Å². The maximum atomic E-state index is 13.7. The standard InChI is InChI=1S/C19H17F2N3O2/c1-24-8-7-22-19(24)18(13-5-6-15(20)16(21)11-13)23-17(26)10-12-3-2-4-14(25)9-12/h2-9,11,18,25H,10H2,1H3,(H,23,26). The topological polar surface area (TPSA) is 67.2 Å². The van der Waals surface area contributed by atoms with E-state index < -0.39 is 17.7 Å². The van der Waals surface area contributed by atoms with Gasteiger partial charge >= 0.3 is 0 Å². The van der Waals surface area contributed by atoms with Gasteiger partial charge in [0.25, 0.3) is 0 Å². The van der Waals surface area contributed by atoms with E-state index in [1.54, 1.807) is 36.1 Å². The third kappa shape index (κ3) is 3.88. The minimum absolute atomic E-state index is 0.0268. The molecule has 26 heavy (non-hydrogen) atoms. The molecule has 1 amide bonds. The zero-order valence-corrected chi connectivity index (χ0v) is 14.0. The maximum absolute atomic E-state index is 13.7. The van der Waals surface area contributed by atoms with Crippen LogP contribution < -0.4 is 5.32 Å². The van der Waals surface area contributed by atoms with E-state index in [-0.39, 0.29) is 18.1 Å². The molecule has 2 aromatic carbocycles. The van der Waals surface area contributed by atoms with Crippen molar-refractivity contribution in [3.8, 4) is 5.75 Å². The Kier molecular flexibility index (Phi) is 4.97. The Hall–Kier alpha value is -3.22. The largest absolute Gasteiger partial charge is 0.508 e. The number of phenols is 1. The van der Waals surface area contributed by atoms with Crippen LogP contribution in [0.1, 0.15) is 23.0 Å². The molecule has 1 heterocycles. The zero-order chi connectivity index (χ0) is 18.7. The molecule has 0 saturated carbocycles. The second-order valence-corrected chi connectivity index (χ2v) is 5.92. The van der Waals surface area contributed by atoms with Crippen LogP contribution in [-0.2, 0) is 18.3 Å². The third-order valence-electron chi connectivity index (χ3n) is 3.97. The first-order valence-electron chi connectivity index (χ1n) is 7.93. The number of aryl methyl sites for hydroxylation is 1. The van der Waals surface area contributed by atoms with Crippen molar-refractivity contribution in [3.05, 3.63) is 83.4 Å². The van der Waals surface area contributed by atoms with Crippen molar-refractivity contribution in [1.29, 1.82) is 0 Å². The second kappa shape index (κ2) is 7.35. The van der Waals surface area contributed by atoms with Crippen LogP contribution in [0.15, 0.2) is 54.9 Å². The minimum Gasteiger partial charge on any atom is -0.508 e. The smallest absolute Gasteiger partial charge is 0.225 e. The van der Waals surface area contributed by atoms with Crippen LogP contribution in [0, 0.1) is 11.6 Å². The Morgan fingerprint density at radius 3 is 2.69 bits per heavy atom. The van der Waals surface area contributed by atoms with Gasteiger partial charge in [-0.25, -0.2) is 13.8 Å². The molecule has 3 aromatic rings. The molecule has 0 aliphatic heterocycles. The Balaban J connectivity index is 1.87. The van der Waals surface area contributed by atoms with Gasteiger partial charge in [0, 0.05) is 19.4 Å². The second-order valence-electron chi connectivity index (χ2n) is 5.92. The SMILES string of the molecule is Cn1ccnc1C(NC(=O)Cc1cccc(O)c1)c1ccc(F)c(F)c1. The molecule has 0 saturated heterocycles. The molecule has 2 N–H and O–H groups in total. The molecule has 0 radical (unpaired) electrons. The van der Waals surface area contributed by atoms with Crippen LogP contribution >= 0.6 is 0 Å². The van der Waals surface area contributed by atoms with Gasteiger partial charge in [-0.3, -0.25) is 4.79 Å². The Morgan fingerprint density at radius 2 is 2.04 bits per heavy atom. The number of nitrogens with one attached hydrogen (secondary N) is 1. The summed E-state index contributed by atoms with van der Waals surface area (Å²) in [4.78, 5) is 16.7. The number of carbonyl (C=O) groups excluding carboxylic acids is 1. The molecular weight excluding hydrogens is 340 g/mol. The van der Waals surface area contributed by atoms with Gasteiger partial charge in [0.05, 0.1) is 6.42 Å². The quantitative estimate of drug-likeness (QED) is 0.738. The lowest BCUT2D eigenvalue weighted by molar-refractivity contribution is -0.121. The van der Waals surface area contributed by atoms with Crippen molar-refractivity contribution >= 4 is 5.91 Å². The molecular formula is C19H17F2N3O2. The summed E-state index contributed by atoms with van der Waals surface area (Å²) in [6.45, 7) is 0. The Labute approximate surface area is 148 Å². The highest BCUT2D eigenvalue weighted by molar-refractivity contribution is 5.79. The van der Waals surface area contributed by atoms with Crippen LogP contribution in [0.4, 0.5) is 8.78 Å². The lowest BCUT2D eigenvalue weighted by Crippen LogP contribution is -2.32. The van der Waals surface area contributed by atoms with Gasteiger partial charge in [0.1, 0.15) is 17.6 Å². The highest BCUT2D eigenvalue weighted by atomic mass is 19.2. The number of imidazole rings is 1. The van der Waals surface area contributed by atoms with E-state index in [0.717, 1.165) is 12.1 Å². The molecule has 1 aromatic heterocycles. The van der Waals surface area contributed by atoms with Crippen LogP contribution in [-0.4, -0.2) is 20.6 Å². The molecule has 134 valence electrons.